The highest BCUT2D eigenvalue weighted by molar-refractivity contribution is 5.85. The van der Waals surface area contributed by atoms with Crippen molar-refractivity contribution in [1.29, 1.82) is 0 Å². The van der Waals surface area contributed by atoms with Gasteiger partial charge >= 0.3 is 0 Å². The number of benzene rings is 1. The Labute approximate surface area is 85.5 Å². The molecular formula is C10H16ClNO. The maximum atomic E-state index is 5.86. The minimum absolute atomic E-state index is 0. The highest BCUT2D eigenvalue weighted by Gasteiger charge is 2.03. The molecule has 74 valence electrons. The van der Waals surface area contributed by atoms with Crippen LogP contribution in [0.25, 0.3) is 0 Å². The normalized spacial score (nSPS) is 11.8. The molecule has 0 bridgehead atoms. The second kappa shape index (κ2) is 6.89. The lowest BCUT2D eigenvalue weighted by molar-refractivity contribution is 0.133. The Morgan fingerprint density at radius 1 is 1.31 bits per heavy atom. The van der Waals surface area contributed by atoms with Crippen molar-refractivity contribution in [3.05, 3.63) is 35.9 Å². The summed E-state index contributed by atoms with van der Waals surface area (Å²) >= 11 is 0. The average molecular weight is 202 g/mol. The summed E-state index contributed by atoms with van der Waals surface area (Å²) in [5, 5.41) is 0. The minimum atomic E-state index is 0. The van der Waals surface area contributed by atoms with Crippen LogP contribution < -0.4 is 5.73 Å². The molecule has 0 aliphatic heterocycles. The standard InChI is InChI=1S/C10H15NO.ClH/c1-2-12-8-10(11)9-6-4-3-5-7-9;/h3-7,10H,2,8,11H2,1H3;1H. The lowest BCUT2D eigenvalue weighted by atomic mass is 10.1. The van der Waals surface area contributed by atoms with Crippen LogP contribution in [-0.2, 0) is 4.74 Å². The molecule has 0 amide bonds. The first-order valence-electron chi connectivity index (χ1n) is 4.23. The molecule has 0 spiro atoms. The highest BCUT2D eigenvalue weighted by atomic mass is 35.5. The van der Waals surface area contributed by atoms with Gasteiger partial charge in [0.25, 0.3) is 0 Å². The minimum Gasteiger partial charge on any atom is -0.380 e. The Bertz CT molecular complexity index is 215. The first-order valence-corrected chi connectivity index (χ1v) is 4.23. The first-order chi connectivity index (χ1) is 5.84. The summed E-state index contributed by atoms with van der Waals surface area (Å²) in [5.74, 6) is 0. The van der Waals surface area contributed by atoms with Gasteiger partial charge < -0.3 is 10.5 Å². The Morgan fingerprint density at radius 2 is 1.92 bits per heavy atom. The molecule has 2 N–H and O–H groups in total. The van der Waals surface area contributed by atoms with Gasteiger partial charge in [0.05, 0.1) is 12.6 Å². The Balaban J connectivity index is 0.00000144. The van der Waals surface area contributed by atoms with E-state index in [4.69, 9.17) is 10.5 Å². The topological polar surface area (TPSA) is 35.2 Å². The lowest BCUT2D eigenvalue weighted by Crippen LogP contribution is -2.16. The molecule has 2 nitrogen and oxygen atoms in total. The van der Waals surface area contributed by atoms with Crippen LogP contribution in [0.4, 0.5) is 0 Å². The fourth-order valence-corrected chi connectivity index (χ4v) is 1.04. The number of hydrogen-bond acceptors (Lipinski definition) is 2. The van der Waals surface area contributed by atoms with Crippen molar-refractivity contribution in [1.82, 2.24) is 0 Å². The van der Waals surface area contributed by atoms with Gasteiger partial charge in [-0.2, -0.15) is 0 Å². The summed E-state index contributed by atoms with van der Waals surface area (Å²) in [5.41, 5.74) is 6.99. The smallest absolute Gasteiger partial charge is 0.0659 e. The van der Waals surface area contributed by atoms with Crippen LogP contribution in [0.5, 0.6) is 0 Å². The van der Waals surface area contributed by atoms with Crippen LogP contribution in [0, 0.1) is 0 Å². The van der Waals surface area contributed by atoms with Crippen molar-refractivity contribution in [2.24, 2.45) is 5.73 Å². The van der Waals surface area contributed by atoms with E-state index in [1.165, 1.54) is 0 Å². The van der Waals surface area contributed by atoms with Crippen molar-refractivity contribution in [2.45, 2.75) is 13.0 Å². The van der Waals surface area contributed by atoms with Crippen molar-refractivity contribution < 1.29 is 4.74 Å². The summed E-state index contributed by atoms with van der Waals surface area (Å²) in [6.45, 7) is 3.29. The van der Waals surface area contributed by atoms with E-state index in [2.05, 4.69) is 0 Å². The fourth-order valence-electron chi connectivity index (χ4n) is 1.04. The van der Waals surface area contributed by atoms with Crippen LogP contribution >= 0.6 is 12.4 Å². The molecule has 0 aliphatic rings. The number of hydrogen-bond donors (Lipinski definition) is 1. The maximum absolute atomic E-state index is 5.86. The third kappa shape index (κ3) is 4.27. The molecule has 1 aromatic rings. The molecule has 0 aliphatic carbocycles. The van der Waals surface area contributed by atoms with E-state index < -0.39 is 0 Å². The Hall–Kier alpha value is -0.570. The summed E-state index contributed by atoms with van der Waals surface area (Å²) < 4.78 is 5.22. The van der Waals surface area contributed by atoms with Gasteiger partial charge in [0.2, 0.25) is 0 Å². The van der Waals surface area contributed by atoms with Gasteiger partial charge in [-0.3, -0.25) is 0 Å². The first kappa shape index (κ1) is 12.4. The number of ether oxygens (including phenoxy) is 1. The highest BCUT2D eigenvalue weighted by Crippen LogP contribution is 2.08. The van der Waals surface area contributed by atoms with Crippen molar-refractivity contribution in [3.8, 4) is 0 Å². The lowest BCUT2D eigenvalue weighted by Gasteiger charge is -2.10. The number of rotatable bonds is 4. The van der Waals surface area contributed by atoms with E-state index in [9.17, 15) is 0 Å². The van der Waals surface area contributed by atoms with Gasteiger partial charge in [-0.05, 0) is 12.5 Å². The second-order valence-corrected chi connectivity index (χ2v) is 2.68. The Kier molecular flexibility index (Phi) is 6.59. The molecule has 0 saturated heterocycles. The van der Waals surface area contributed by atoms with E-state index >= 15 is 0 Å². The van der Waals surface area contributed by atoms with Gasteiger partial charge in [-0.1, -0.05) is 30.3 Å². The van der Waals surface area contributed by atoms with Crippen LogP contribution in [0.2, 0.25) is 0 Å². The molecule has 3 heteroatoms. The third-order valence-corrected chi connectivity index (χ3v) is 1.73. The molecule has 0 heterocycles. The van der Waals surface area contributed by atoms with Crippen LogP contribution in [-0.4, -0.2) is 13.2 Å². The quantitative estimate of drug-likeness (QED) is 0.810. The van der Waals surface area contributed by atoms with Gasteiger partial charge in [-0.25, -0.2) is 0 Å². The molecule has 1 unspecified atom stereocenters. The molecule has 0 radical (unpaired) electrons. The van der Waals surface area contributed by atoms with E-state index in [0.717, 1.165) is 12.2 Å². The van der Waals surface area contributed by atoms with Crippen molar-refractivity contribution in [2.75, 3.05) is 13.2 Å². The van der Waals surface area contributed by atoms with Crippen molar-refractivity contribution >= 4 is 12.4 Å². The monoisotopic (exact) mass is 201 g/mol. The molecule has 0 aromatic heterocycles. The average Bonchev–Trinajstić information content (AvgIpc) is 2.15. The molecule has 0 fully saturated rings. The molecule has 0 saturated carbocycles. The predicted molar refractivity (Wildman–Crippen MR) is 57.1 cm³/mol. The summed E-state index contributed by atoms with van der Waals surface area (Å²) in [7, 11) is 0. The largest absolute Gasteiger partial charge is 0.380 e. The second-order valence-electron chi connectivity index (χ2n) is 2.68. The van der Waals surface area contributed by atoms with Crippen LogP contribution in [0.15, 0.2) is 30.3 Å². The van der Waals surface area contributed by atoms with Gasteiger partial charge in [0.1, 0.15) is 0 Å². The predicted octanol–water partition coefficient (Wildman–Crippen LogP) is 2.14. The number of halogens is 1. The van der Waals surface area contributed by atoms with E-state index in [-0.39, 0.29) is 18.4 Å². The zero-order chi connectivity index (χ0) is 8.81. The van der Waals surface area contributed by atoms with Gasteiger partial charge in [0.15, 0.2) is 0 Å². The molecule has 1 atom stereocenters. The summed E-state index contributed by atoms with van der Waals surface area (Å²) in [4.78, 5) is 0. The van der Waals surface area contributed by atoms with E-state index in [0.29, 0.717) is 6.61 Å². The fraction of sp³-hybridized carbons (Fsp3) is 0.400. The van der Waals surface area contributed by atoms with E-state index in [1.54, 1.807) is 0 Å². The summed E-state index contributed by atoms with van der Waals surface area (Å²) in [6, 6.07) is 10.00. The molecule has 1 aromatic carbocycles. The van der Waals surface area contributed by atoms with Crippen LogP contribution in [0.3, 0.4) is 0 Å². The zero-order valence-electron chi connectivity index (χ0n) is 7.77. The Morgan fingerprint density at radius 3 is 2.46 bits per heavy atom. The van der Waals surface area contributed by atoms with Gasteiger partial charge in [-0.15, -0.1) is 12.4 Å². The third-order valence-electron chi connectivity index (χ3n) is 1.73. The van der Waals surface area contributed by atoms with Gasteiger partial charge in [0, 0.05) is 6.61 Å². The molecule has 1 rings (SSSR count). The van der Waals surface area contributed by atoms with E-state index in [1.807, 2.05) is 37.3 Å². The SMILES string of the molecule is CCOCC(N)c1ccccc1.Cl. The summed E-state index contributed by atoms with van der Waals surface area (Å²) in [6.07, 6.45) is 0. The van der Waals surface area contributed by atoms with Crippen molar-refractivity contribution in [3.63, 3.8) is 0 Å². The molecular weight excluding hydrogens is 186 g/mol. The molecule has 13 heavy (non-hydrogen) atoms. The number of nitrogens with two attached hydrogens (primary N) is 1. The maximum Gasteiger partial charge on any atom is 0.0659 e. The zero-order valence-corrected chi connectivity index (χ0v) is 8.59. The van der Waals surface area contributed by atoms with Crippen LogP contribution in [0.1, 0.15) is 18.5 Å².